The molecule has 0 bridgehead atoms. The maximum absolute atomic E-state index is 12.5. The summed E-state index contributed by atoms with van der Waals surface area (Å²) >= 11 is 0. The zero-order valence-electron chi connectivity index (χ0n) is 15.1. The van der Waals surface area contributed by atoms with Crippen molar-refractivity contribution in [2.75, 3.05) is 10.6 Å². The summed E-state index contributed by atoms with van der Waals surface area (Å²) in [6.45, 7) is 5.40. The number of anilines is 2. The van der Waals surface area contributed by atoms with E-state index in [2.05, 4.69) is 15.6 Å². The van der Waals surface area contributed by atoms with E-state index < -0.39 is 0 Å². The maximum Gasteiger partial charge on any atom is 0.228 e. The summed E-state index contributed by atoms with van der Waals surface area (Å²) in [5, 5.41) is 6.66. The van der Waals surface area contributed by atoms with Crippen LogP contribution in [0.2, 0.25) is 0 Å². The first-order valence-corrected chi connectivity index (χ1v) is 8.46. The number of carbonyl (C=O) groups excluding carboxylic acids is 2. The topological polar surface area (TPSA) is 71.1 Å². The first-order chi connectivity index (χ1) is 12.4. The Bertz CT molecular complexity index is 996. The van der Waals surface area contributed by atoms with Crippen LogP contribution in [0, 0.1) is 13.8 Å². The molecule has 0 atom stereocenters. The summed E-state index contributed by atoms with van der Waals surface area (Å²) in [4.78, 5) is 28.3. The molecule has 0 aliphatic carbocycles. The van der Waals surface area contributed by atoms with Crippen molar-refractivity contribution >= 4 is 34.1 Å². The van der Waals surface area contributed by atoms with Gasteiger partial charge in [0.1, 0.15) is 0 Å². The summed E-state index contributed by atoms with van der Waals surface area (Å²) in [6.07, 6.45) is 0.250. The summed E-state index contributed by atoms with van der Waals surface area (Å²) in [5.41, 5.74) is 5.12. The van der Waals surface area contributed by atoms with Crippen LogP contribution < -0.4 is 10.6 Å². The smallest absolute Gasteiger partial charge is 0.228 e. The highest BCUT2D eigenvalue weighted by Gasteiger charge is 2.13. The van der Waals surface area contributed by atoms with Crippen LogP contribution in [0.5, 0.6) is 0 Å². The molecule has 0 aliphatic rings. The quantitative estimate of drug-likeness (QED) is 0.749. The van der Waals surface area contributed by atoms with E-state index in [9.17, 15) is 9.59 Å². The SMILES string of the molecule is CC(=O)Nc1cccc(NC(=O)Cc2c(C)nc3ccccc3c2C)c1. The lowest BCUT2D eigenvalue weighted by atomic mass is 9.99. The second-order valence-electron chi connectivity index (χ2n) is 6.30. The Labute approximate surface area is 152 Å². The molecule has 0 unspecified atom stereocenters. The van der Waals surface area contributed by atoms with Crippen LogP contribution in [0.25, 0.3) is 10.9 Å². The van der Waals surface area contributed by atoms with Gasteiger partial charge < -0.3 is 10.6 Å². The highest BCUT2D eigenvalue weighted by molar-refractivity contribution is 5.95. The molecule has 0 fully saturated rings. The zero-order chi connectivity index (χ0) is 18.7. The molecule has 0 saturated heterocycles. The number of pyridine rings is 1. The van der Waals surface area contributed by atoms with Crippen molar-refractivity contribution in [3.05, 3.63) is 65.4 Å². The average Bonchev–Trinajstić information content (AvgIpc) is 2.58. The van der Waals surface area contributed by atoms with Crippen molar-refractivity contribution in [1.29, 1.82) is 0 Å². The molecule has 0 aliphatic heterocycles. The van der Waals surface area contributed by atoms with E-state index in [4.69, 9.17) is 0 Å². The lowest BCUT2D eigenvalue weighted by molar-refractivity contribution is -0.116. The highest BCUT2D eigenvalue weighted by atomic mass is 16.2. The Kier molecular flexibility index (Phi) is 4.98. The number of fused-ring (bicyclic) bond motifs is 1. The van der Waals surface area contributed by atoms with Crippen LogP contribution in [-0.2, 0) is 16.0 Å². The number of nitrogens with one attached hydrogen (secondary N) is 2. The van der Waals surface area contributed by atoms with Crippen LogP contribution in [0.4, 0.5) is 11.4 Å². The van der Waals surface area contributed by atoms with Gasteiger partial charge in [-0.2, -0.15) is 0 Å². The molecule has 1 heterocycles. The van der Waals surface area contributed by atoms with E-state index in [1.54, 1.807) is 24.3 Å². The number of hydrogen-bond acceptors (Lipinski definition) is 3. The molecule has 132 valence electrons. The summed E-state index contributed by atoms with van der Waals surface area (Å²) < 4.78 is 0. The van der Waals surface area contributed by atoms with Gasteiger partial charge in [-0.3, -0.25) is 14.6 Å². The Balaban J connectivity index is 1.80. The molecular formula is C21H21N3O2. The van der Waals surface area contributed by atoms with Gasteiger partial charge in [0.15, 0.2) is 0 Å². The number of rotatable bonds is 4. The Morgan fingerprint density at radius 2 is 1.65 bits per heavy atom. The van der Waals surface area contributed by atoms with Gasteiger partial charge in [-0.05, 0) is 49.2 Å². The number of aryl methyl sites for hydroxylation is 2. The standard InChI is InChI=1S/C21H21N3O2/c1-13-18-9-4-5-10-20(18)22-14(2)19(13)12-21(26)24-17-8-6-7-16(11-17)23-15(3)25/h4-11H,12H2,1-3H3,(H,23,25)(H,24,26). The number of carbonyl (C=O) groups is 2. The number of benzene rings is 2. The molecule has 3 rings (SSSR count). The van der Waals surface area contributed by atoms with Crippen molar-refractivity contribution in [1.82, 2.24) is 4.98 Å². The van der Waals surface area contributed by atoms with Crippen LogP contribution >= 0.6 is 0 Å². The molecular weight excluding hydrogens is 326 g/mol. The number of aromatic nitrogens is 1. The van der Waals surface area contributed by atoms with Gasteiger partial charge in [0.2, 0.25) is 11.8 Å². The lowest BCUT2D eigenvalue weighted by Gasteiger charge is -2.13. The van der Waals surface area contributed by atoms with Crippen molar-refractivity contribution in [3.8, 4) is 0 Å². The van der Waals surface area contributed by atoms with Crippen LogP contribution in [0.1, 0.15) is 23.7 Å². The maximum atomic E-state index is 12.5. The third-order valence-electron chi connectivity index (χ3n) is 4.29. The fourth-order valence-corrected chi connectivity index (χ4v) is 3.07. The minimum atomic E-state index is -0.151. The van der Waals surface area contributed by atoms with Crippen LogP contribution in [-0.4, -0.2) is 16.8 Å². The van der Waals surface area contributed by atoms with Gasteiger partial charge in [0, 0.05) is 29.4 Å². The molecule has 2 amide bonds. The van der Waals surface area contributed by atoms with Gasteiger partial charge in [0.05, 0.1) is 11.9 Å². The largest absolute Gasteiger partial charge is 0.326 e. The number of para-hydroxylation sites is 1. The average molecular weight is 347 g/mol. The number of nitrogens with zero attached hydrogens (tertiary/aromatic N) is 1. The molecule has 1 aromatic heterocycles. The zero-order valence-corrected chi connectivity index (χ0v) is 15.1. The Morgan fingerprint density at radius 1 is 0.962 bits per heavy atom. The minimum absolute atomic E-state index is 0.117. The normalized spacial score (nSPS) is 10.6. The van der Waals surface area contributed by atoms with E-state index in [0.717, 1.165) is 27.7 Å². The Morgan fingerprint density at radius 3 is 2.38 bits per heavy atom. The van der Waals surface area contributed by atoms with Crippen molar-refractivity contribution in [3.63, 3.8) is 0 Å². The van der Waals surface area contributed by atoms with Gasteiger partial charge >= 0.3 is 0 Å². The van der Waals surface area contributed by atoms with Crippen molar-refractivity contribution in [2.45, 2.75) is 27.2 Å². The molecule has 26 heavy (non-hydrogen) atoms. The number of hydrogen-bond donors (Lipinski definition) is 2. The molecule has 0 radical (unpaired) electrons. The fraction of sp³-hybridized carbons (Fsp3) is 0.190. The molecule has 0 spiro atoms. The molecule has 2 N–H and O–H groups in total. The third-order valence-corrected chi connectivity index (χ3v) is 4.29. The monoisotopic (exact) mass is 347 g/mol. The van der Waals surface area contributed by atoms with E-state index in [-0.39, 0.29) is 18.2 Å². The number of amides is 2. The van der Waals surface area contributed by atoms with E-state index in [1.807, 2.05) is 38.1 Å². The lowest BCUT2D eigenvalue weighted by Crippen LogP contribution is -2.16. The predicted octanol–water partition coefficient (Wildman–Crippen LogP) is 3.99. The van der Waals surface area contributed by atoms with Crippen LogP contribution in [0.3, 0.4) is 0 Å². The van der Waals surface area contributed by atoms with Crippen molar-refractivity contribution < 1.29 is 9.59 Å². The third kappa shape index (κ3) is 3.88. The highest BCUT2D eigenvalue weighted by Crippen LogP contribution is 2.23. The van der Waals surface area contributed by atoms with Crippen molar-refractivity contribution in [2.24, 2.45) is 0 Å². The van der Waals surface area contributed by atoms with E-state index >= 15 is 0 Å². The molecule has 0 saturated carbocycles. The van der Waals surface area contributed by atoms with E-state index in [0.29, 0.717) is 11.4 Å². The molecule has 2 aromatic carbocycles. The van der Waals surface area contributed by atoms with Gasteiger partial charge in [-0.25, -0.2) is 0 Å². The van der Waals surface area contributed by atoms with Gasteiger partial charge in [-0.15, -0.1) is 0 Å². The Hall–Kier alpha value is -3.21. The second kappa shape index (κ2) is 7.35. The molecule has 3 aromatic rings. The first-order valence-electron chi connectivity index (χ1n) is 8.46. The molecule has 5 heteroatoms. The summed E-state index contributed by atoms with van der Waals surface area (Å²) in [6, 6.07) is 15.0. The van der Waals surface area contributed by atoms with E-state index in [1.165, 1.54) is 6.92 Å². The van der Waals surface area contributed by atoms with Crippen LogP contribution in [0.15, 0.2) is 48.5 Å². The minimum Gasteiger partial charge on any atom is -0.326 e. The second-order valence-corrected chi connectivity index (χ2v) is 6.30. The predicted molar refractivity (Wildman–Crippen MR) is 104 cm³/mol. The first kappa shape index (κ1) is 17.6. The summed E-state index contributed by atoms with van der Waals surface area (Å²) in [7, 11) is 0. The summed E-state index contributed by atoms with van der Waals surface area (Å²) in [5.74, 6) is -0.268. The van der Waals surface area contributed by atoms with Gasteiger partial charge in [0.25, 0.3) is 0 Å². The van der Waals surface area contributed by atoms with Gasteiger partial charge in [-0.1, -0.05) is 24.3 Å². The fourth-order valence-electron chi connectivity index (χ4n) is 3.07. The molecule has 5 nitrogen and oxygen atoms in total.